The summed E-state index contributed by atoms with van der Waals surface area (Å²) >= 11 is 0. The van der Waals surface area contributed by atoms with Crippen molar-refractivity contribution in [2.24, 2.45) is 0 Å². The maximum absolute atomic E-state index is 11.3. The Morgan fingerprint density at radius 1 is 1.24 bits per heavy atom. The molecule has 2 N–H and O–H groups in total. The number of benzene rings is 1. The van der Waals surface area contributed by atoms with Crippen LogP contribution in [0.1, 0.15) is 27.2 Å². The Bertz CT molecular complexity index is 650. The molecule has 0 aliphatic carbocycles. The predicted octanol–water partition coefficient (Wildman–Crippen LogP) is 2.72. The highest BCUT2D eigenvalue weighted by Gasteiger charge is 2.17. The fourth-order valence-corrected chi connectivity index (χ4v) is 2.10. The van der Waals surface area contributed by atoms with Crippen molar-refractivity contribution in [3.05, 3.63) is 52.7 Å². The van der Waals surface area contributed by atoms with E-state index in [1.165, 1.54) is 0 Å². The number of hydrogen-bond donors (Lipinski definition) is 2. The summed E-state index contributed by atoms with van der Waals surface area (Å²) in [5, 5.41) is 18.2. The van der Waals surface area contributed by atoms with Gasteiger partial charge in [0, 0.05) is 12.3 Å². The number of aryl methyl sites for hydroxylation is 2. The number of nitrogens with zero attached hydrogens (tertiary/aromatic N) is 1. The smallest absolute Gasteiger partial charge is 0.341 e. The predicted molar refractivity (Wildman–Crippen MR) is 78.0 cm³/mol. The lowest BCUT2D eigenvalue weighted by molar-refractivity contribution is 0.0692. The topological polar surface area (TPSA) is 79.7 Å². The zero-order chi connectivity index (χ0) is 15.4. The molecule has 1 heterocycles. The first kappa shape index (κ1) is 15.0. The van der Waals surface area contributed by atoms with Crippen LogP contribution < -0.4 is 4.74 Å². The number of pyridine rings is 1. The van der Waals surface area contributed by atoms with Crippen LogP contribution in [0.25, 0.3) is 0 Å². The number of ether oxygens (including phenoxy) is 1. The van der Waals surface area contributed by atoms with Gasteiger partial charge in [-0.3, -0.25) is 0 Å². The Kier molecular flexibility index (Phi) is 4.55. The molecule has 0 fully saturated rings. The summed E-state index contributed by atoms with van der Waals surface area (Å²) in [6, 6.07) is 8.83. The van der Waals surface area contributed by atoms with Crippen molar-refractivity contribution in [2.75, 3.05) is 6.61 Å². The van der Waals surface area contributed by atoms with Gasteiger partial charge in [-0.05, 0) is 49.6 Å². The lowest BCUT2D eigenvalue weighted by Crippen LogP contribution is -2.06. The van der Waals surface area contributed by atoms with E-state index in [1.54, 1.807) is 32.0 Å². The van der Waals surface area contributed by atoms with Gasteiger partial charge < -0.3 is 14.9 Å². The Labute approximate surface area is 122 Å². The number of aliphatic hydroxyl groups is 1. The molecule has 0 amide bonds. The first-order valence-electron chi connectivity index (χ1n) is 6.60. The Balaban J connectivity index is 2.32. The molecule has 0 saturated carbocycles. The van der Waals surface area contributed by atoms with Crippen molar-refractivity contribution in [3.63, 3.8) is 0 Å². The lowest BCUT2D eigenvalue weighted by Gasteiger charge is -2.11. The van der Waals surface area contributed by atoms with Crippen molar-refractivity contribution in [3.8, 4) is 11.6 Å². The molecule has 2 rings (SSSR count). The van der Waals surface area contributed by atoms with Gasteiger partial charge in [0.15, 0.2) is 0 Å². The minimum atomic E-state index is -1.06. The molecular weight excluding hydrogens is 270 g/mol. The van der Waals surface area contributed by atoms with Crippen molar-refractivity contribution < 1.29 is 19.7 Å². The maximum atomic E-state index is 11.3. The standard InChI is InChI=1S/C16H17NO4/c1-10-9-11(2)17-15(14(10)16(19)20)21-13-5-3-12(4-6-13)7-8-18/h3-6,9,18H,7-8H2,1-2H3,(H,19,20). The quantitative estimate of drug-likeness (QED) is 0.884. The van der Waals surface area contributed by atoms with E-state index in [9.17, 15) is 9.90 Å². The first-order chi connectivity index (χ1) is 10.0. The van der Waals surface area contributed by atoms with Gasteiger partial charge in [0.05, 0.1) is 0 Å². The molecule has 110 valence electrons. The van der Waals surface area contributed by atoms with Gasteiger partial charge in [-0.15, -0.1) is 0 Å². The number of carboxylic acids is 1. The van der Waals surface area contributed by atoms with Crippen LogP contribution in [0.3, 0.4) is 0 Å². The zero-order valence-electron chi connectivity index (χ0n) is 12.0. The molecular formula is C16H17NO4. The first-order valence-corrected chi connectivity index (χ1v) is 6.60. The molecule has 0 saturated heterocycles. The van der Waals surface area contributed by atoms with Crippen molar-refractivity contribution in [1.29, 1.82) is 0 Å². The molecule has 21 heavy (non-hydrogen) atoms. The van der Waals surface area contributed by atoms with Gasteiger partial charge in [0.1, 0.15) is 11.3 Å². The number of carboxylic acid groups (broad SMARTS) is 1. The fourth-order valence-electron chi connectivity index (χ4n) is 2.10. The zero-order valence-corrected chi connectivity index (χ0v) is 12.0. The van der Waals surface area contributed by atoms with Gasteiger partial charge in [0.25, 0.3) is 0 Å². The van der Waals surface area contributed by atoms with E-state index in [4.69, 9.17) is 9.84 Å². The molecule has 0 radical (unpaired) electrons. The van der Waals surface area contributed by atoms with E-state index in [1.807, 2.05) is 12.1 Å². The molecule has 0 unspecified atom stereocenters. The summed E-state index contributed by atoms with van der Waals surface area (Å²) < 4.78 is 5.61. The lowest BCUT2D eigenvalue weighted by atomic mass is 10.1. The summed E-state index contributed by atoms with van der Waals surface area (Å²) in [4.78, 5) is 15.5. The van der Waals surface area contributed by atoms with Crippen molar-refractivity contribution >= 4 is 5.97 Å². The third-order valence-corrected chi connectivity index (χ3v) is 3.06. The third-order valence-electron chi connectivity index (χ3n) is 3.06. The normalized spacial score (nSPS) is 10.4. The van der Waals surface area contributed by atoms with Crippen LogP contribution in [-0.2, 0) is 6.42 Å². The third kappa shape index (κ3) is 3.58. The average molecular weight is 287 g/mol. The Hall–Kier alpha value is -2.40. The number of aromatic carboxylic acids is 1. The number of carbonyl (C=O) groups is 1. The number of rotatable bonds is 5. The highest BCUT2D eigenvalue weighted by atomic mass is 16.5. The molecule has 1 aromatic heterocycles. The maximum Gasteiger partial charge on any atom is 0.341 e. The van der Waals surface area contributed by atoms with Crippen LogP contribution in [0, 0.1) is 13.8 Å². The Morgan fingerprint density at radius 2 is 1.90 bits per heavy atom. The van der Waals surface area contributed by atoms with Gasteiger partial charge >= 0.3 is 5.97 Å². The summed E-state index contributed by atoms with van der Waals surface area (Å²) in [7, 11) is 0. The summed E-state index contributed by atoms with van der Waals surface area (Å²) in [5.74, 6) is -0.460. The van der Waals surface area contributed by atoms with E-state index in [0.29, 0.717) is 23.4 Å². The number of hydrogen-bond acceptors (Lipinski definition) is 4. The molecule has 0 aliphatic heterocycles. The van der Waals surface area contributed by atoms with E-state index in [-0.39, 0.29) is 18.1 Å². The van der Waals surface area contributed by atoms with Crippen LogP contribution in [0.2, 0.25) is 0 Å². The molecule has 0 spiro atoms. The van der Waals surface area contributed by atoms with Crippen molar-refractivity contribution in [1.82, 2.24) is 4.98 Å². The minimum absolute atomic E-state index is 0.0695. The molecule has 0 bridgehead atoms. The molecule has 5 nitrogen and oxygen atoms in total. The van der Waals surface area contributed by atoms with Crippen LogP contribution >= 0.6 is 0 Å². The highest BCUT2D eigenvalue weighted by Crippen LogP contribution is 2.26. The molecule has 0 aliphatic rings. The van der Waals surface area contributed by atoms with Crippen LogP contribution in [0.5, 0.6) is 11.6 Å². The summed E-state index contributed by atoms with van der Waals surface area (Å²) in [5.41, 5.74) is 2.36. The van der Waals surface area contributed by atoms with E-state index < -0.39 is 5.97 Å². The van der Waals surface area contributed by atoms with Gasteiger partial charge in [-0.2, -0.15) is 0 Å². The Morgan fingerprint density at radius 3 is 2.48 bits per heavy atom. The van der Waals surface area contributed by atoms with Gasteiger partial charge in [0.2, 0.25) is 5.88 Å². The van der Waals surface area contributed by atoms with Crippen molar-refractivity contribution in [2.45, 2.75) is 20.3 Å². The second kappa shape index (κ2) is 6.37. The largest absolute Gasteiger partial charge is 0.477 e. The summed E-state index contributed by atoms with van der Waals surface area (Å²) in [6.07, 6.45) is 0.572. The number of aromatic nitrogens is 1. The monoisotopic (exact) mass is 287 g/mol. The molecule has 1 aromatic carbocycles. The number of aliphatic hydroxyl groups excluding tert-OH is 1. The van der Waals surface area contributed by atoms with Gasteiger partial charge in [-0.1, -0.05) is 12.1 Å². The summed E-state index contributed by atoms with van der Waals surface area (Å²) in [6.45, 7) is 3.59. The second-order valence-corrected chi connectivity index (χ2v) is 4.79. The average Bonchev–Trinajstić information content (AvgIpc) is 2.40. The highest BCUT2D eigenvalue weighted by molar-refractivity contribution is 5.92. The van der Waals surface area contributed by atoms with Crippen LogP contribution in [0.15, 0.2) is 30.3 Å². The fraction of sp³-hybridized carbons (Fsp3) is 0.250. The second-order valence-electron chi connectivity index (χ2n) is 4.79. The van der Waals surface area contributed by atoms with E-state index in [0.717, 1.165) is 5.56 Å². The van der Waals surface area contributed by atoms with E-state index in [2.05, 4.69) is 4.98 Å². The SMILES string of the molecule is Cc1cc(C)c(C(=O)O)c(Oc2ccc(CCO)cc2)n1. The molecule has 5 heteroatoms. The minimum Gasteiger partial charge on any atom is -0.477 e. The molecule has 0 atom stereocenters. The molecule has 2 aromatic rings. The van der Waals surface area contributed by atoms with Crippen LogP contribution in [-0.4, -0.2) is 27.8 Å². The van der Waals surface area contributed by atoms with E-state index >= 15 is 0 Å². The van der Waals surface area contributed by atoms with Gasteiger partial charge in [-0.25, -0.2) is 9.78 Å². The van der Waals surface area contributed by atoms with Crippen LogP contribution in [0.4, 0.5) is 0 Å².